The van der Waals surface area contributed by atoms with Gasteiger partial charge in [0.2, 0.25) is 0 Å². The van der Waals surface area contributed by atoms with Gasteiger partial charge in [0.15, 0.2) is 5.84 Å². The van der Waals surface area contributed by atoms with E-state index >= 15 is 0 Å². The fourth-order valence-electron chi connectivity index (χ4n) is 9.51. The van der Waals surface area contributed by atoms with Crippen molar-refractivity contribution in [3.05, 3.63) is 229 Å². The van der Waals surface area contributed by atoms with E-state index in [4.69, 9.17) is 9.98 Å². The summed E-state index contributed by atoms with van der Waals surface area (Å²) in [5, 5.41) is 7.35. The predicted octanol–water partition coefficient (Wildman–Crippen LogP) is 16.0. The van der Waals surface area contributed by atoms with Crippen molar-refractivity contribution < 1.29 is 0 Å². The molecule has 4 heteroatoms. The zero-order chi connectivity index (χ0) is 41.9. The van der Waals surface area contributed by atoms with E-state index in [0.29, 0.717) is 5.84 Å². The number of thiophene rings is 1. The van der Waals surface area contributed by atoms with Crippen molar-refractivity contribution in [3.63, 3.8) is 0 Å². The summed E-state index contributed by atoms with van der Waals surface area (Å²) in [4.78, 5) is 11.3. The van der Waals surface area contributed by atoms with Crippen LogP contribution in [0.1, 0.15) is 30.0 Å². The summed E-state index contributed by atoms with van der Waals surface area (Å²) in [5.41, 5.74) is 13.5. The first-order valence-electron chi connectivity index (χ1n) is 21.7. The van der Waals surface area contributed by atoms with E-state index in [1.807, 2.05) is 11.3 Å². The number of hydrogen-bond acceptors (Lipinski definition) is 3. The van der Waals surface area contributed by atoms with Gasteiger partial charge in [0.05, 0.1) is 32.8 Å². The summed E-state index contributed by atoms with van der Waals surface area (Å²) in [7, 11) is 0. The Morgan fingerprint density at radius 1 is 0.476 bits per heavy atom. The second-order valence-corrected chi connectivity index (χ2v) is 17.6. The van der Waals surface area contributed by atoms with Crippen molar-refractivity contribution in [2.24, 2.45) is 15.9 Å². The Kier molecular flexibility index (Phi) is 9.05. The highest BCUT2D eigenvalue weighted by molar-refractivity contribution is 7.26. The molecule has 0 saturated carbocycles. The predicted molar refractivity (Wildman–Crippen MR) is 270 cm³/mol. The van der Waals surface area contributed by atoms with Gasteiger partial charge in [0, 0.05) is 43.3 Å². The molecule has 0 aliphatic carbocycles. The molecule has 1 unspecified atom stereocenters. The lowest BCUT2D eigenvalue weighted by Crippen LogP contribution is -2.17. The molecule has 63 heavy (non-hydrogen) atoms. The second kappa shape index (κ2) is 15.4. The first-order chi connectivity index (χ1) is 31.1. The van der Waals surface area contributed by atoms with Crippen molar-refractivity contribution >= 4 is 81.3 Å². The van der Waals surface area contributed by atoms with Gasteiger partial charge in [-0.2, -0.15) is 0 Å². The third-order valence-electron chi connectivity index (χ3n) is 12.7. The van der Waals surface area contributed by atoms with Crippen molar-refractivity contribution in [2.75, 3.05) is 0 Å². The van der Waals surface area contributed by atoms with Crippen LogP contribution in [0.25, 0.3) is 86.4 Å². The largest absolute Gasteiger partial charge is 0.308 e. The summed E-state index contributed by atoms with van der Waals surface area (Å²) in [6.45, 7) is 2.30. The summed E-state index contributed by atoms with van der Waals surface area (Å²) in [6, 6.07) is 74.5. The van der Waals surface area contributed by atoms with Gasteiger partial charge in [-0.1, -0.05) is 177 Å². The third-order valence-corrected chi connectivity index (χ3v) is 13.9. The molecular formula is C59H41N3S. The molecule has 2 aromatic heterocycles. The minimum absolute atomic E-state index is 0.131. The maximum absolute atomic E-state index is 5.70. The van der Waals surface area contributed by atoms with Crippen LogP contribution in [0.5, 0.6) is 0 Å². The fourth-order valence-corrected chi connectivity index (χ4v) is 10.7. The van der Waals surface area contributed by atoms with Crippen LogP contribution in [0.15, 0.2) is 222 Å². The van der Waals surface area contributed by atoms with Gasteiger partial charge in [-0.25, -0.2) is 9.98 Å². The van der Waals surface area contributed by atoms with Crippen molar-refractivity contribution in [3.8, 4) is 27.9 Å². The van der Waals surface area contributed by atoms with E-state index in [1.54, 1.807) is 0 Å². The molecule has 0 spiro atoms. The number of allylic oxidation sites excluding steroid dienone is 1. The standard InChI is InChI=1S/C59H41N3S/c1-38-27-33-51(46-22-14-21-43(35-46)40-17-6-3-7-18-40)60-59(61-57(38)42-30-28-41(29-31-42)39-15-4-2-5-16-39)49-32-34-53(58-56(49)48-24-11-13-26-55(48)63-58)62-52-25-12-10-23-47(52)50-36-44-19-8-9-20-45(44)37-54(50)62/h2-26,28-38H,27H2,1H3/b51-33+,60-59?,61-57?. The Balaban J connectivity index is 1.10. The van der Waals surface area contributed by atoms with Crippen LogP contribution in [-0.4, -0.2) is 16.1 Å². The van der Waals surface area contributed by atoms with Crippen LogP contribution in [0.2, 0.25) is 0 Å². The Morgan fingerprint density at radius 3 is 1.89 bits per heavy atom. The highest BCUT2D eigenvalue weighted by atomic mass is 32.1. The molecule has 0 saturated heterocycles. The number of fused-ring (bicyclic) bond motifs is 7. The molecule has 1 aliphatic rings. The molecule has 3 heterocycles. The maximum atomic E-state index is 5.70. The van der Waals surface area contributed by atoms with Crippen molar-refractivity contribution in [1.29, 1.82) is 0 Å². The van der Waals surface area contributed by atoms with Gasteiger partial charge in [0.25, 0.3) is 0 Å². The summed E-state index contributed by atoms with van der Waals surface area (Å²) >= 11 is 1.85. The van der Waals surface area contributed by atoms with Gasteiger partial charge in [-0.15, -0.1) is 11.3 Å². The van der Waals surface area contributed by atoms with E-state index in [0.717, 1.165) is 45.8 Å². The smallest absolute Gasteiger partial charge is 0.160 e. The first kappa shape index (κ1) is 37.1. The van der Waals surface area contributed by atoms with Crippen LogP contribution < -0.4 is 0 Å². The topological polar surface area (TPSA) is 29.6 Å². The molecule has 9 aromatic carbocycles. The Labute approximate surface area is 370 Å². The van der Waals surface area contributed by atoms with E-state index in [9.17, 15) is 0 Å². The normalized spacial score (nSPS) is 15.3. The number of benzene rings is 9. The molecule has 0 N–H and O–H groups in total. The summed E-state index contributed by atoms with van der Waals surface area (Å²) in [5.74, 6) is 0.847. The van der Waals surface area contributed by atoms with Gasteiger partial charge >= 0.3 is 0 Å². The Hall–Kier alpha value is -7.66. The van der Waals surface area contributed by atoms with E-state index in [1.165, 1.54) is 69.4 Å². The number of aliphatic imine (C=N–C) groups is 2. The van der Waals surface area contributed by atoms with Gasteiger partial charge in [-0.05, 0) is 87.5 Å². The molecule has 0 amide bonds. The number of nitrogens with zero attached hydrogens (tertiary/aromatic N) is 3. The molecule has 12 rings (SSSR count). The minimum atomic E-state index is 0.131. The molecule has 1 atom stereocenters. The van der Waals surface area contributed by atoms with E-state index in [-0.39, 0.29) is 5.92 Å². The molecule has 11 aromatic rings. The molecule has 3 nitrogen and oxygen atoms in total. The second-order valence-electron chi connectivity index (χ2n) is 16.6. The zero-order valence-electron chi connectivity index (χ0n) is 34.7. The average Bonchev–Trinajstić information content (AvgIpc) is 3.89. The number of para-hydroxylation sites is 1. The lowest BCUT2D eigenvalue weighted by Gasteiger charge is -2.20. The SMILES string of the molecule is CC1C/C=C(\c2cccc(-c3ccccc3)c2)N=C(c2ccc(-n3c4ccccc4c4cc5ccccc5cc43)c3sc4ccccc4c23)N=C1c1ccc(-c2ccccc2)cc1. The molecule has 0 fully saturated rings. The van der Waals surface area contributed by atoms with Crippen LogP contribution >= 0.6 is 11.3 Å². The van der Waals surface area contributed by atoms with E-state index in [2.05, 4.69) is 224 Å². The van der Waals surface area contributed by atoms with Crippen LogP contribution in [0.4, 0.5) is 0 Å². The van der Waals surface area contributed by atoms with Crippen LogP contribution in [-0.2, 0) is 0 Å². The van der Waals surface area contributed by atoms with Gasteiger partial charge < -0.3 is 4.57 Å². The lowest BCUT2D eigenvalue weighted by atomic mass is 9.92. The summed E-state index contributed by atoms with van der Waals surface area (Å²) < 4.78 is 4.92. The number of amidine groups is 1. The molecule has 0 radical (unpaired) electrons. The zero-order valence-corrected chi connectivity index (χ0v) is 35.6. The Morgan fingerprint density at radius 2 is 1.10 bits per heavy atom. The fraction of sp³-hybridized carbons (Fsp3) is 0.0508. The molecular weight excluding hydrogens is 783 g/mol. The van der Waals surface area contributed by atoms with Gasteiger partial charge in [-0.3, -0.25) is 0 Å². The highest BCUT2D eigenvalue weighted by Gasteiger charge is 2.24. The third kappa shape index (κ3) is 6.50. The number of rotatable bonds is 6. The minimum Gasteiger partial charge on any atom is -0.308 e. The van der Waals surface area contributed by atoms with Crippen LogP contribution in [0.3, 0.4) is 0 Å². The van der Waals surface area contributed by atoms with E-state index < -0.39 is 0 Å². The molecule has 1 aliphatic heterocycles. The lowest BCUT2D eigenvalue weighted by molar-refractivity contribution is 0.790. The number of aromatic nitrogens is 1. The van der Waals surface area contributed by atoms with Crippen molar-refractivity contribution in [2.45, 2.75) is 13.3 Å². The van der Waals surface area contributed by atoms with Crippen LogP contribution in [0, 0.1) is 5.92 Å². The number of hydrogen-bond donors (Lipinski definition) is 0. The Bertz CT molecular complexity index is 3640. The highest BCUT2D eigenvalue weighted by Crippen LogP contribution is 2.44. The monoisotopic (exact) mass is 823 g/mol. The quantitative estimate of drug-likeness (QED) is 0.160. The first-order valence-corrected chi connectivity index (χ1v) is 22.5. The average molecular weight is 824 g/mol. The van der Waals surface area contributed by atoms with Gasteiger partial charge in [0.1, 0.15) is 0 Å². The maximum Gasteiger partial charge on any atom is 0.160 e. The molecule has 0 bridgehead atoms. The molecule has 298 valence electrons. The van der Waals surface area contributed by atoms with Crippen molar-refractivity contribution in [1.82, 2.24) is 4.57 Å². The summed E-state index contributed by atoms with van der Waals surface area (Å²) in [6.07, 6.45) is 3.13.